The van der Waals surface area contributed by atoms with Crippen LogP contribution in [0.15, 0.2) is 50.7 Å². The molecule has 1 aromatic carbocycles. The van der Waals surface area contributed by atoms with Crippen LogP contribution >= 0.6 is 15.9 Å². The van der Waals surface area contributed by atoms with Gasteiger partial charge in [0, 0.05) is 23.0 Å². The molecule has 94 valence electrons. The average Bonchev–Trinajstić information content (AvgIpc) is 2.29. The molecule has 0 atom stereocenters. The van der Waals surface area contributed by atoms with Gasteiger partial charge in [0.25, 0.3) is 5.56 Å². The molecular weight excluding hydrogens is 320 g/mol. The lowest BCUT2D eigenvalue weighted by atomic mass is 10.3. The molecule has 2 aromatic rings. The Morgan fingerprint density at radius 1 is 1.28 bits per heavy atom. The lowest BCUT2D eigenvalue weighted by molar-refractivity contribution is 0.601. The van der Waals surface area contributed by atoms with Gasteiger partial charge >= 0.3 is 0 Å². The number of halogens is 1. The summed E-state index contributed by atoms with van der Waals surface area (Å²) in [7, 11) is -3.37. The number of benzene rings is 1. The zero-order valence-electron chi connectivity index (χ0n) is 9.37. The van der Waals surface area contributed by atoms with Gasteiger partial charge in [-0.1, -0.05) is 0 Å². The van der Waals surface area contributed by atoms with Crippen LogP contribution in [0, 0.1) is 0 Å². The molecule has 0 aliphatic carbocycles. The number of hydrogen-bond donors (Lipinski definition) is 0. The van der Waals surface area contributed by atoms with Crippen molar-refractivity contribution in [2.45, 2.75) is 4.90 Å². The van der Waals surface area contributed by atoms with Crippen molar-refractivity contribution < 1.29 is 8.42 Å². The highest BCUT2D eigenvalue weighted by molar-refractivity contribution is 9.10. The van der Waals surface area contributed by atoms with Gasteiger partial charge in [-0.05, 0) is 40.2 Å². The van der Waals surface area contributed by atoms with Crippen LogP contribution in [-0.2, 0) is 9.84 Å². The predicted molar refractivity (Wildman–Crippen MR) is 70.6 cm³/mol. The van der Waals surface area contributed by atoms with Crippen LogP contribution in [0.25, 0.3) is 5.69 Å². The molecule has 0 fully saturated rings. The second-order valence-corrected chi connectivity index (χ2v) is 6.50. The maximum atomic E-state index is 11.6. The van der Waals surface area contributed by atoms with Crippen molar-refractivity contribution in [1.29, 1.82) is 0 Å². The molecule has 7 heteroatoms. The minimum absolute atomic E-state index is 0.123. The van der Waals surface area contributed by atoms with Gasteiger partial charge in [0.05, 0.1) is 10.6 Å². The van der Waals surface area contributed by atoms with E-state index in [1.54, 1.807) is 12.1 Å². The first-order valence-electron chi connectivity index (χ1n) is 4.94. The SMILES string of the molecule is CS(=O)(=O)c1cc(-n2ncccc2=O)ccc1Br. The van der Waals surface area contributed by atoms with Crippen molar-refractivity contribution in [3.05, 3.63) is 51.4 Å². The minimum Gasteiger partial charge on any atom is -0.267 e. The molecule has 0 radical (unpaired) electrons. The number of rotatable bonds is 2. The third-order valence-corrected chi connectivity index (χ3v) is 4.37. The highest BCUT2D eigenvalue weighted by atomic mass is 79.9. The van der Waals surface area contributed by atoms with Crippen LogP contribution < -0.4 is 5.56 Å². The molecule has 0 aliphatic rings. The van der Waals surface area contributed by atoms with E-state index in [0.29, 0.717) is 10.2 Å². The maximum absolute atomic E-state index is 11.6. The Bertz CT molecular complexity index is 753. The summed E-state index contributed by atoms with van der Waals surface area (Å²) in [6.45, 7) is 0. The van der Waals surface area contributed by atoms with Gasteiger partial charge < -0.3 is 0 Å². The molecule has 1 aromatic heterocycles. The number of aromatic nitrogens is 2. The van der Waals surface area contributed by atoms with Gasteiger partial charge in [0.2, 0.25) is 0 Å². The second kappa shape index (κ2) is 4.66. The van der Waals surface area contributed by atoms with Gasteiger partial charge in [-0.25, -0.2) is 8.42 Å². The van der Waals surface area contributed by atoms with E-state index in [0.717, 1.165) is 10.9 Å². The summed E-state index contributed by atoms with van der Waals surface area (Å²) in [6, 6.07) is 7.48. The molecule has 0 bridgehead atoms. The Morgan fingerprint density at radius 3 is 2.61 bits per heavy atom. The lowest BCUT2D eigenvalue weighted by Gasteiger charge is -2.07. The quantitative estimate of drug-likeness (QED) is 0.835. The fourth-order valence-electron chi connectivity index (χ4n) is 1.46. The highest BCUT2D eigenvalue weighted by Crippen LogP contribution is 2.23. The second-order valence-electron chi connectivity index (χ2n) is 3.66. The number of nitrogens with zero attached hydrogens (tertiary/aromatic N) is 2. The zero-order chi connectivity index (χ0) is 13.3. The van der Waals surface area contributed by atoms with E-state index in [-0.39, 0.29) is 10.5 Å². The summed E-state index contributed by atoms with van der Waals surface area (Å²) >= 11 is 3.17. The largest absolute Gasteiger partial charge is 0.271 e. The zero-order valence-corrected chi connectivity index (χ0v) is 11.8. The first-order chi connectivity index (χ1) is 8.39. The van der Waals surface area contributed by atoms with E-state index < -0.39 is 9.84 Å². The summed E-state index contributed by atoms with van der Waals surface area (Å²) in [5.41, 5.74) is 0.0866. The fraction of sp³-hybridized carbons (Fsp3) is 0.0909. The summed E-state index contributed by atoms with van der Waals surface area (Å²) in [6.07, 6.45) is 2.57. The van der Waals surface area contributed by atoms with Gasteiger partial charge in [0.15, 0.2) is 9.84 Å². The molecule has 0 N–H and O–H groups in total. The van der Waals surface area contributed by atoms with Crippen molar-refractivity contribution in [2.24, 2.45) is 0 Å². The monoisotopic (exact) mass is 328 g/mol. The van der Waals surface area contributed by atoms with E-state index in [9.17, 15) is 13.2 Å². The van der Waals surface area contributed by atoms with Gasteiger partial charge in [-0.2, -0.15) is 9.78 Å². The van der Waals surface area contributed by atoms with E-state index in [4.69, 9.17) is 0 Å². The van der Waals surface area contributed by atoms with Crippen molar-refractivity contribution in [3.8, 4) is 5.69 Å². The van der Waals surface area contributed by atoms with Crippen LogP contribution in [0.2, 0.25) is 0 Å². The number of sulfone groups is 1. The first-order valence-corrected chi connectivity index (χ1v) is 7.62. The Kier molecular flexibility index (Phi) is 3.36. The topological polar surface area (TPSA) is 69.0 Å². The molecule has 2 rings (SSSR count). The Morgan fingerprint density at radius 2 is 2.00 bits per heavy atom. The van der Waals surface area contributed by atoms with Crippen LogP contribution in [-0.4, -0.2) is 24.5 Å². The summed E-state index contributed by atoms with van der Waals surface area (Å²) in [5.74, 6) is 0. The van der Waals surface area contributed by atoms with E-state index in [1.807, 2.05) is 0 Å². The third kappa shape index (κ3) is 2.51. The van der Waals surface area contributed by atoms with Crippen LogP contribution in [0.3, 0.4) is 0 Å². The molecule has 0 amide bonds. The smallest absolute Gasteiger partial charge is 0.267 e. The summed E-state index contributed by atoms with van der Waals surface area (Å²) in [5, 5.41) is 3.90. The molecular formula is C11H9BrN2O3S. The average molecular weight is 329 g/mol. The van der Waals surface area contributed by atoms with Crippen LogP contribution in [0.4, 0.5) is 0 Å². The van der Waals surface area contributed by atoms with Crippen molar-refractivity contribution >= 4 is 25.8 Å². The first kappa shape index (κ1) is 13.0. The van der Waals surface area contributed by atoms with Gasteiger partial charge in [-0.3, -0.25) is 4.79 Å². The molecule has 5 nitrogen and oxygen atoms in total. The van der Waals surface area contributed by atoms with E-state index in [2.05, 4.69) is 21.0 Å². The van der Waals surface area contributed by atoms with Crippen molar-refractivity contribution in [2.75, 3.05) is 6.26 Å². The molecule has 0 aliphatic heterocycles. The third-order valence-electron chi connectivity index (χ3n) is 2.27. The highest BCUT2D eigenvalue weighted by Gasteiger charge is 2.13. The van der Waals surface area contributed by atoms with Gasteiger partial charge in [0.1, 0.15) is 0 Å². The summed E-state index contributed by atoms with van der Waals surface area (Å²) in [4.78, 5) is 11.7. The van der Waals surface area contributed by atoms with Crippen LogP contribution in [0.5, 0.6) is 0 Å². The molecule has 0 spiro atoms. The van der Waals surface area contributed by atoms with Crippen molar-refractivity contribution in [1.82, 2.24) is 9.78 Å². The predicted octanol–water partition coefficient (Wildman–Crippen LogP) is 1.40. The molecule has 0 saturated carbocycles. The molecule has 0 unspecified atom stereocenters. The normalized spacial score (nSPS) is 11.4. The Hall–Kier alpha value is -1.47. The lowest BCUT2D eigenvalue weighted by Crippen LogP contribution is -2.19. The fourth-order valence-corrected chi connectivity index (χ4v) is 3.35. The van der Waals surface area contributed by atoms with Gasteiger partial charge in [-0.15, -0.1) is 0 Å². The molecule has 18 heavy (non-hydrogen) atoms. The molecule has 1 heterocycles. The number of hydrogen-bond acceptors (Lipinski definition) is 4. The van der Waals surface area contributed by atoms with Crippen molar-refractivity contribution in [3.63, 3.8) is 0 Å². The minimum atomic E-state index is -3.37. The summed E-state index contributed by atoms with van der Waals surface area (Å²) < 4.78 is 24.8. The maximum Gasteiger partial charge on any atom is 0.271 e. The van der Waals surface area contributed by atoms with Crippen LogP contribution in [0.1, 0.15) is 0 Å². The standard InChI is InChI=1S/C11H9BrN2O3S/c1-18(16,17)10-7-8(4-5-9(10)12)14-11(15)3-2-6-13-14/h2-7H,1H3. The van der Waals surface area contributed by atoms with E-state index in [1.165, 1.54) is 24.4 Å². The molecule has 0 saturated heterocycles. The van der Waals surface area contributed by atoms with E-state index >= 15 is 0 Å². The Labute approximate surface area is 112 Å². The Balaban J connectivity index is 2.70.